The third-order valence-corrected chi connectivity index (χ3v) is 2.77. The summed E-state index contributed by atoms with van der Waals surface area (Å²) in [5.41, 5.74) is -0.483. The number of rotatable bonds is 3. The first-order valence-electron chi connectivity index (χ1n) is 6.08. The lowest BCUT2D eigenvalue weighted by Gasteiger charge is -2.30. The van der Waals surface area contributed by atoms with Gasteiger partial charge in [0.25, 0.3) is 0 Å². The summed E-state index contributed by atoms with van der Waals surface area (Å²) in [5, 5.41) is 11.9. The van der Waals surface area contributed by atoms with Gasteiger partial charge >= 0.3 is 6.09 Å². The normalized spacial score (nSPS) is 25.4. The van der Waals surface area contributed by atoms with Crippen LogP contribution in [0.25, 0.3) is 0 Å². The molecule has 0 saturated carbocycles. The van der Waals surface area contributed by atoms with Gasteiger partial charge < -0.3 is 19.9 Å². The summed E-state index contributed by atoms with van der Waals surface area (Å²) >= 11 is 0. The number of carbonyl (C=O) groups is 1. The molecule has 1 saturated heterocycles. The molecule has 0 radical (unpaired) electrons. The monoisotopic (exact) mass is 245 g/mol. The zero-order valence-electron chi connectivity index (χ0n) is 10.9. The predicted molar refractivity (Wildman–Crippen MR) is 63.7 cm³/mol. The van der Waals surface area contributed by atoms with Crippen molar-refractivity contribution in [3.05, 3.63) is 0 Å². The van der Waals surface area contributed by atoms with E-state index in [1.807, 2.05) is 20.8 Å². The van der Waals surface area contributed by atoms with Crippen molar-refractivity contribution in [1.29, 1.82) is 0 Å². The highest BCUT2D eigenvalue weighted by molar-refractivity contribution is 5.67. The minimum atomic E-state index is -0.483. The average molecular weight is 245 g/mol. The standard InChI is InChI=1S/C12H23NO4/c1-12(2,3)17-11(15)13-6-10-8-16-5-4-9(10)7-14/h9-10,14H,4-8H2,1-3H3,(H,13,15)/t9-,10+/m0/s1. The van der Waals surface area contributed by atoms with E-state index >= 15 is 0 Å². The number of hydrogen-bond acceptors (Lipinski definition) is 4. The molecule has 1 aliphatic heterocycles. The zero-order chi connectivity index (χ0) is 12.9. The lowest BCUT2D eigenvalue weighted by atomic mass is 9.89. The summed E-state index contributed by atoms with van der Waals surface area (Å²) in [5.74, 6) is 0.375. The Kier molecular flexibility index (Phi) is 5.21. The van der Waals surface area contributed by atoms with Gasteiger partial charge in [-0.15, -0.1) is 0 Å². The molecule has 0 aromatic heterocycles. The van der Waals surface area contributed by atoms with Crippen LogP contribution in [0.4, 0.5) is 4.79 Å². The molecule has 0 aliphatic carbocycles. The molecule has 1 heterocycles. The van der Waals surface area contributed by atoms with E-state index in [-0.39, 0.29) is 18.4 Å². The number of hydrogen-bond donors (Lipinski definition) is 2. The van der Waals surface area contributed by atoms with Crippen molar-refractivity contribution in [3.63, 3.8) is 0 Å². The van der Waals surface area contributed by atoms with E-state index < -0.39 is 11.7 Å². The molecule has 0 aromatic rings. The number of aliphatic hydroxyl groups is 1. The van der Waals surface area contributed by atoms with E-state index in [2.05, 4.69) is 5.32 Å². The largest absolute Gasteiger partial charge is 0.444 e. The van der Waals surface area contributed by atoms with E-state index in [1.54, 1.807) is 0 Å². The maximum atomic E-state index is 11.5. The van der Waals surface area contributed by atoms with Gasteiger partial charge in [0.2, 0.25) is 0 Å². The summed E-state index contributed by atoms with van der Waals surface area (Å²) < 4.78 is 10.5. The second kappa shape index (κ2) is 6.21. The van der Waals surface area contributed by atoms with Crippen LogP contribution in [0.3, 0.4) is 0 Å². The number of carbonyl (C=O) groups excluding carboxylic acids is 1. The van der Waals surface area contributed by atoms with E-state index in [0.717, 1.165) is 6.42 Å². The molecule has 1 rings (SSSR count). The van der Waals surface area contributed by atoms with E-state index in [1.165, 1.54) is 0 Å². The SMILES string of the molecule is CC(C)(C)OC(=O)NC[C@@H]1COCC[C@H]1CO. The molecule has 1 amide bonds. The molecule has 2 N–H and O–H groups in total. The van der Waals surface area contributed by atoms with Crippen LogP contribution in [0.5, 0.6) is 0 Å². The van der Waals surface area contributed by atoms with Crippen LogP contribution >= 0.6 is 0 Å². The molecule has 2 atom stereocenters. The number of nitrogens with one attached hydrogen (secondary N) is 1. The zero-order valence-corrected chi connectivity index (χ0v) is 10.9. The van der Waals surface area contributed by atoms with Gasteiger partial charge in [-0.05, 0) is 33.1 Å². The van der Waals surface area contributed by atoms with Crippen LogP contribution in [-0.2, 0) is 9.47 Å². The van der Waals surface area contributed by atoms with Gasteiger partial charge in [-0.25, -0.2) is 4.79 Å². The number of ether oxygens (including phenoxy) is 2. The molecule has 0 aromatic carbocycles. The Labute approximate surface area is 102 Å². The van der Waals surface area contributed by atoms with Gasteiger partial charge in [-0.3, -0.25) is 0 Å². The molecule has 0 spiro atoms. The Balaban J connectivity index is 2.31. The van der Waals surface area contributed by atoms with Crippen molar-refractivity contribution >= 4 is 6.09 Å². The van der Waals surface area contributed by atoms with Crippen molar-refractivity contribution in [2.24, 2.45) is 11.8 Å². The van der Waals surface area contributed by atoms with Crippen LogP contribution in [0.2, 0.25) is 0 Å². The van der Waals surface area contributed by atoms with E-state index in [4.69, 9.17) is 9.47 Å². The smallest absolute Gasteiger partial charge is 0.407 e. The van der Waals surface area contributed by atoms with Gasteiger partial charge in [0.15, 0.2) is 0 Å². The minimum Gasteiger partial charge on any atom is -0.444 e. The van der Waals surface area contributed by atoms with Gasteiger partial charge in [-0.2, -0.15) is 0 Å². The number of alkyl carbamates (subject to hydrolysis) is 1. The molecule has 5 heteroatoms. The third kappa shape index (κ3) is 5.37. The molecular formula is C12H23NO4. The lowest BCUT2D eigenvalue weighted by Crippen LogP contribution is -2.41. The molecule has 5 nitrogen and oxygen atoms in total. The number of aliphatic hydroxyl groups excluding tert-OH is 1. The van der Waals surface area contributed by atoms with Crippen LogP contribution in [0.1, 0.15) is 27.2 Å². The van der Waals surface area contributed by atoms with Gasteiger partial charge in [-0.1, -0.05) is 0 Å². The molecule has 17 heavy (non-hydrogen) atoms. The minimum absolute atomic E-state index is 0.143. The van der Waals surface area contributed by atoms with Crippen molar-refractivity contribution in [1.82, 2.24) is 5.32 Å². The summed E-state index contributed by atoms with van der Waals surface area (Å²) in [6.07, 6.45) is 0.428. The Morgan fingerprint density at radius 1 is 1.47 bits per heavy atom. The van der Waals surface area contributed by atoms with Gasteiger partial charge in [0, 0.05) is 25.7 Å². The Morgan fingerprint density at radius 2 is 2.18 bits per heavy atom. The third-order valence-electron chi connectivity index (χ3n) is 2.77. The molecule has 0 bridgehead atoms. The molecular weight excluding hydrogens is 222 g/mol. The fraction of sp³-hybridized carbons (Fsp3) is 0.917. The summed E-state index contributed by atoms with van der Waals surface area (Å²) in [6.45, 7) is 7.38. The second-order valence-electron chi connectivity index (χ2n) is 5.45. The quantitative estimate of drug-likeness (QED) is 0.783. The molecule has 100 valence electrons. The second-order valence-corrected chi connectivity index (χ2v) is 5.45. The highest BCUT2D eigenvalue weighted by atomic mass is 16.6. The average Bonchev–Trinajstić information content (AvgIpc) is 2.24. The van der Waals surface area contributed by atoms with Crippen LogP contribution in [-0.4, -0.2) is 43.2 Å². The first kappa shape index (κ1) is 14.3. The summed E-state index contributed by atoms with van der Waals surface area (Å²) in [6, 6.07) is 0. The van der Waals surface area contributed by atoms with Gasteiger partial charge in [0.05, 0.1) is 6.61 Å². The van der Waals surface area contributed by atoms with Crippen molar-refractivity contribution in [3.8, 4) is 0 Å². The lowest BCUT2D eigenvalue weighted by molar-refractivity contribution is -0.00473. The molecule has 1 fully saturated rings. The summed E-state index contributed by atoms with van der Waals surface area (Å²) in [4.78, 5) is 11.5. The van der Waals surface area contributed by atoms with Crippen LogP contribution < -0.4 is 5.32 Å². The topological polar surface area (TPSA) is 67.8 Å². The highest BCUT2D eigenvalue weighted by Crippen LogP contribution is 2.20. The maximum Gasteiger partial charge on any atom is 0.407 e. The van der Waals surface area contributed by atoms with E-state index in [9.17, 15) is 9.90 Å². The fourth-order valence-electron chi connectivity index (χ4n) is 1.84. The maximum absolute atomic E-state index is 11.5. The van der Waals surface area contributed by atoms with Crippen molar-refractivity contribution in [2.75, 3.05) is 26.4 Å². The summed E-state index contributed by atoms with van der Waals surface area (Å²) in [7, 11) is 0. The highest BCUT2D eigenvalue weighted by Gasteiger charge is 2.26. The molecule has 1 aliphatic rings. The first-order chi connectivity index (χ1) is 7.92. The van der Waals surface area contributed by atoms with Crippen molar-refractivity contribution < 1.29 is 19.4 Å². The molecule has 0 unspecified atom stereocenters. The van der Waals surface area contributed by atoms with Crippen LogP contribution in [0, 0.1) is 11.8 Å². The Bertz CT molecular complexity index is 249. The first-order valence-corrected chi connectivity index (χ1v) is 6.08. The van der Waals surface area contributed by atoms with Crippen molar-refractivity contribution in [2.45, 2.75) is 32.8 Å². The van der Waals surface area contributed by atoms with E-state index in [0.29, 0.717) is 19.8 Å². The predicted octanol–water partition coefficient (Wildman–Crippen LogP) is 1.16. The Morgan fingerprint density at radius 3 is 2.76 bits per heavy atom. The van der Waals surface area contributed by atoms with Crippen LogP contribution in [0.15, 0.2) is 0 Å². The van der Waals surface area contributed by atoms with Gasteiger partial charge in [0.1, 0.15) is 5.60 Å². The Hall–Kier alpha value is -0.810. The number of amides is 1. The fourth-order valence-corrected chi connectivity index (χ4v) is 1.84.